The van der Waals surface area contributed by atoms with Crippen molar-refractivity contribution >= 4 is 21.6 Å². The SMILES string of the molecule is C[C@H](CO)NS(=O)(=O)c1ccc(Cl)cc1C#N. The van der Waals surface area contributed by atoms with Gasteiger partial charge in [-0.15, -0.1) is 0 Å². The molecule has 1 aromatic rings. The van der Waals surface area contributed by atoms with E-state index in [9.17, 15) is 8.42 Å². The summed E-state index contributed by atoms with van der Waals surface area (Å²) in [5.74, 6) is 0. The first-order chi connectivity index (χ1) is 7.90. The molecule has 1 atom stereocenters. The molecule has 0 saturated heterocycles. The first-order valence-corrected chi connectivity index (χ1v) is 6.59. The Morgan fingerprint density at radius 1 is 1.59 bits per heavy atom. The van der Waals surface area contributed by atoms with Gasteiger partial charge in [-0.1, -0.05) is 11.6 Å². The summed E-state index contributed by atoms with van der Waals surface area (Å²) in [4.78, 5) is -0.148. The molecular weight excluding hydrogens is 264 g/mol. The summed E-state index contributed by atoms with van der Waals surface area (Å²) in [6.45, 7) is 1.19. The second kappa shape index (κ2) is 5.47. The molecule has 0 unspecified atom stereocenters. The molecule has 1 rings (SSSR count). The van der Waals surface area contributed by atoms with Gasteiger partial charge in [0.2, 0.25) is 10.0 Å². The zero-order chi connectivity index (χ0) is 13.1. The smallest absolute Gasteiger partial charge is 0.242 e. The minimum atomic E-state index is -3.82. The fourth-order valence-electron chi connectivity index (χ4n) is 1.19. The van der Waals surface area contributed by atoms with E-state index in [2.05, 4.69) is 4.72 Å². The van der Waals surface area contributed by atoms with Gasteiger partial charge < -0.3 is 5.11 Å². The van der Waals surface area contributed by atoms with E-state index in [0.717, 1.165) is 0 Å². The van der Waals surface area contributed by atoms with Crippen molar-refractivity contribution in [3.05, 3.63) is 28.8 Å². The van der Waals surface area contributed by atoms with E-state index < -0.39 is 16.1 Å². The number of aliphatic hydroxyl groups is 1. The van der Waals surface area contributed by atoms with Crippen LogP contribution in [0.3, 0.4) is 0 Å². The molecule has 0 saturated carbocycles. The molecule has 0 radical (unpaired) electrons. The lowest BCUT2D eigenvalue weighted by Gasteiger charge is -2.12. The molecule has 0 aliphatic rings. The summed E-state index contributed by atoms with van der Waals surface area (Å²) in [6, 6.07) is 5.07. The van der Waals surface area contributed by atoms with Crippen molar-refractivity contribution < 1.29 is 13.5 Å². The van der Waals surface area contributed by atoms with E-state index in [1.165, 1.54) is 25.1 Å². The van der Waals surface area contributed by atoms with Crippen molar-refractivity contribution in [1.29, 1.82) is 5.26 Å². The number of hydrogen-bond acceptors (Lipinski definition) is 4. The van der Waals surface area contributed by atoms with Crippen molar-refractivity contribution in [2.24, 2.45) is 0 Å². The van der Waals surface area contributed by atoms with Gasteiger partial charge in [-0.2, -0.15) is 5.26 Å². The number of rotatable bonds is 4. The van der Waals surface area contributed by atoms with E-state index in [1.54, 1.807) is 6.07 Å². The fraction of sp³-hybridized carbons (Fsp3) is 0.300. The summed E-state index contributed by atoms with van der Waals surface area (Å²) in [7, 11) is -3.82. The summed E-state index contributed by atoms with van der Waals surface area (Å²) < 4.78 is 26.0. The van der Waals surface area contributed by atoms with Crippen molar-refractivity contribution in [2.45, 2.75) is 17.9 Å². The molecule has 17 heavy (non-hydrogen) atoms. The third-order valence-corrected chi connectivity index (χ3v) is 3.86. The van der Waals surface area contributed by atoms with Gasteiger partial charge in [0.05, 0.1) is 17.1 Å². The van der Waals surface area contributed by atoms with Gasteiger partial charge in [0.15, 0.2) is 0 Å². The van der Waals surface area contributed by atoms with Gasteiger partial charge in [-0.3, -0.25) is 0 Å². The molecule has 7 heteroatoms. The normalized spacial score (nSPS) is 13.1. The highest BCUT2D eigenvalue weighted by Gasteiger charge is 2.20. The molecule has 92 valence electrons. The number of sulfonamides is 1. The standard InChI is InChI=1S/C10H11ClN2O3S/c1-7(6-14)13-17(15,16)10-3-2-9(11)4-8(10)5-12/h2-4,7,13-14H,6H2,1H3/t7-/m1/s1. The Bertz CT molecular complexity index is 551. The molecule has 0 amide bonds. The van der Waals surface area contributed by atoms with Crippen LogP contribution in [0.1, 0.15) is 12.5 Å². The molecule has 2 N–H and O–H groups in total. The predicted molar refractivity (Wildman–Crippen MR) is 63.0 cm³/mol. The highest BCUT2D eigenvalue weighted by molar-refractivity contribution is 7.89. The predicted octanol–water partition coefficient (Wildman–Crippen LogP) is 0.871. The third kappa shape index (κ3) is 3.41. The Kier molecular flexibility index (Phi) is 4.48. The Labute approximate surface area is 105 Å². The maximum Gasteiger partial charge on any atom is 0.242 e. The van der Waals surface area contributed by atoms with Gasteiger partial charge >= 0.3 is 0 Å². The average Bonchev–Trinajstić information content (AvgIpc) is 2.27. The molecule has 0 aliphatic carbocycles. The summed E-state index contributed by atoms with van der Waals surface area (Å²) in [5, 5.41) is 17.9. The van der Waals surface area contributed by atoms with Crippen LogP contribution in [0, 0.1) is 11.3 Å². The van der Waals surface area contributed by atoms with Crippen LogP contribution in [0.5, 0.6) is 0 Å². The molecule has 1 aromatic carbocycles. The lowest BCUT2D eigenvalue weighted by Crippen LogP contribution is -2.35. The van der Waals surface area contributed by atoms with Gasteiger partial charge in [-0.05, 0) is 25.1 Å². The van der Waals surface area contributed by atoms with Gasteiger partial charge in [0.25, 0.3) is 0 Å². The van der Waals surface area contributed by atoms with Crippen LogP contribution in [0.4, 0.5) is 0 Å². The van der Waals surface area contributed by atoms with Crippen molar-refractivity contribution in [2.75, 3.05) is 6.61 Å². The first kappa shape index (κ1) is 13.9. The second-order valence-corrected chi connectivity index (χ2v) is 5.58. The van der Waals surface area contributed by atoms with Gasteiger partial charge in [0.1, 0.15) is 6.07 Å². The van der Waals surface area contributed by atoms with Crippen molar-refractivity contribution in [3.8, 4) is 6.07 Å². The minimum absolute atomic E-state index is 0.0323. The summed E-state index contributed by atoms with van der Waals surface area (Å²) in [6.07, 6.45) is 0. The van der Waals surface area contributed by atoms with E-state index in [4.69, 9.17) is 22.0 Å². The maximum absolute atomic E-state index is 11.9. The average molecular weight is 275 g/mol. The largest absolute Gasteiger partial charge is 0.395 e. The molecule has 0 spiro atoms. The van der Waals surface area contributed by atoms with Crippen LogP contribution in [-0.4, -0.2) is 26.2 Å². The quantitative estimate of drug-likeness (QED) is 0.852. The molecule has 0 fully saturated rings. The lowest BCUT2D eigenvalue weighted by atomic mass is 10.2. The van der Waals surface area contributed by atoms with Gasteiger partial charge in [-0.25, -0.2) is 13.1 Å². The molecule has 0 aromatic heterocycles. The number of nitriles is 1. The van der Waals surface area contributed by atoms with E-state index >= 15 is 0 Å². The number of hydrogen-bond donors (Lipinski definition) is 2. The molecule has 0 heterocycles. The lowest BCUT2D eigenvalue weighted by molar-refractivity contribution is 0.265. The number of benzene rings is 1. The van der Waals surface area contributed by atoms with Crippen LogP contribution in [0.2, 0.25) is 5.02 Å². The van der Waals surface area contributed by atoms with Crippen LogP contribution in [0.25, 0.3) is 0 Å². The van der Waals surface area contributed by atoms with E-state index in [1.807, 2.05) is 0 Å². The summed E-state index contributed by atoms with van der Waals surface area (Å²) >= 11 is 5.67. The van der Waals surface area contributed by atoms with Gasteiger partial charge in [0, 0.05) is 11.1 Å². The molecule has 0 aliphatic heterocycles. The molecule has 0 bridgehead atoms. The first-order valence-electron chi connectivity index (χ1n) is 4.73. The van der Waals surface area contributed by atoms with Crippen molar-refractivity contribution in [3.63, 3.8) is 0 Å². The topological polar surface area (TPSA) is 90.2 Å². The van der Waals surface area contributed by atoms with Crippen LogP contribution < -0.4 is 4.72 Å². The molecule has 5 nitrogen and oxygen atoms in total. The second-order valence-electron chi connectivity index (χ2n) is 3.46. The zero-order valence-electron chi connectivity index (χ0n) is 9.01. The van der Waals surface area contributed by atoms with Crippen molar-refractivity contribution in [1.82, 2.24) is 4.72 Å². The number of halogens is 1. The summed E-state index contributed by atoms with van der Waals surface area (Å²) in [5.41, 5.74) is -0.0323. The maximum atomic E-state index is 11.9. The highest BCUT2D eigenvalue weighted by Crippen LogP contribution is 2.19. The molecular formula is C10H11ClN2O3S. The third-order valence-electron chi connectivity index (χ3n) is 1.98. The van der Waals surface area contributed by atoms with E-state index in [-0.39, 0.29) is 22.1 Å². The van der Waals surface area contributed by atoms with Crippen LogP contribution in [0.15, 0.2) is 23.1 Å². The Balaban J connectivity index is 3.21. The Morgan fingerprint density at radius 2 is 2.24 bits per heavy atom. The van der Waals surface area contributed by atoms with Crippen LogP contribution in [-0.2, 0) is 10.0 Å². The minimum Gasteiger partial charge on any atom is -0.395 e. The fourth-order valence-corrected chi connectivity index (χ4v) is 2.73. The highest BCUT2D eigenvalue weighted by atomic mass is 35.5. The van der Waals surface area contributed by atoms with E-state index in [0.29, 0.717) is 0 Å². The Morgan fingerprint density at radius 3 is 2.76 bits per heavy atom. The number of nitrogens with one attached hydrogen (secondary N) is 1. The number of aliphatic hydroxyl groups excluding tert-OH is 1. The Hall–Kier alpha value is -1.13. The monoisotopic (exact) mass is 274 g/mol. The zero-order valence-corrected chi connectivity index (χ0v) is 10.6. The van der Waals surface area contributed by atoms with Crippen LogP contribution >= 0.6 is 11.6 Å². The number of nitrogens with zero attached hydrogens (tertiary/aromatic N) is 1.